The van der Waals surface area contributed by atoms with Crippen molar-refractivity contribution in [3.8, 4) is 11.8 Å². The summed E-state index contributed by atoms with van der Waals surface area (Å²) < 4.78 is 6.55. The molecule has 0 unspecified atom stereocenters. The molecule has 1 heterocycles. The van der Waals surface area contributed by atoms with E-state index in [9.17, 15) is 0 Å². The van der Waals surface area contributed by atoms with Gasteiger partial charge in [0.05, 0.1) is 0 Å². The highest BCUT2D eigenvalue weighted by Crippen LogP contribution is 2.19. The highest BCUT2D eigenvalue weighted by Gasteiger charge is 1.98. The fourth-order valence-electron chi connectivity index (χ4n) is 0.974. The van der Waals surface area contributed by atoms with Crippen LogP contribution in [0, 0.1) is 3.57 Å². The van der Waals surface area contributed by atoms with Gasteiger partial charge in [-0.1, -0.05) is 6.07 Å². The molecule has 14 heavy (non-hydrogen) atoms. The molecule has 0 spiro atoms. The first-order chi connectivity index (χ1) is 6.84. The molecule has 0 bridgehead atoms. The monoisotopic (exact) mass is 298 g/mol. The number of rotatable bonds is 2. The van der Waals surface area contributed by atoms with Gasteiger partial charge < -0.3 is 4.74 Å². The van der Waals surface area contributed by atoms with Gasteiger partial charge in [-0.25, -0.2) is 9.97 Å². The largest absolute Gasteiger partial charge is 0.424 e. The van der Waals surface area contributed by atoms with Crippen molar-refractivity contribution in [2.45, 2.75) is 0 Å². The Morgan fingerprint density at radius 2 is 1.86 bits per heavy atom. The minimum Gasteiger partial charge on any atom is -0.424 e. The van der Waals surface area contributed by atoms with E-state index < -0.39 is 0 Å². The van der Waals surface area contributed by atoms with Gasteiger partial charge in [0.15, 0.2) is 0 Å². The van der Waals surface area contributed by atoms with Crippen molar-refractivity contribution in [3.05, 3.63) is 46.3 Å². The molecule has 0 saturated carbocycles. The van der Waals surface area contributed by atoms with E-state index >= 15 is 0 Å². The van der Waals surface area contributed by atoms with Gasteiger partial charge in [0.25, 0.3) is 0 Å². The van der Waals surface area contributed by atoms with Crippen LogP contribution in [-0.2, 0) is 0 Å². The lowest BCUT2D eigenvalue weighted by molar-refractivity contribution is 0.441. The molecule has 0 saturated heterocycles. The maximum absolute atomic E-state index is 5.43. The Balaban J connectivity index is 2.19. The summed E-state index contributed by atoms with van der Waals surface area (Å²) in [6.07, 6.45) is 3.30. The summed E-state index contributed by atoms with van der Waals surface area (Å²) >= 11 is 2.23. The van der Waals surface area contributed by atoms with Gasteiger partial charge in [-0.3, -0.25) is 0 Å². The van der Waals surface area contributed by atoms with Gasteiger partial charge >= 0.3 is 6.01 Å². The molecule has 0 N–H and O–H groups in total. The summed E-state index contributed by atoms with van der Waals surface area (Å²) in [6.45, 7) is 0. The Bertz CT molecular complexity index is 419. The second-order valence-electron chi connectivity index (χ2n) is 2.59. The molecule has 2 aromatic rings. The van der Waals surface area contributed by atoms with Crippen molar-refractivity contribution >= 4 is 22.6 Å². The number of ether oxygens (including phenoxy) is 1. The van der Waals surface area contributed by atoms with E-state index in [1.165, 1.54) is 0 Å². The molecule has 0 aliphatic heterocycles. The number of aromatic nitrogens is 2. The summed E-state index contributed by atoms with van der Waals surface area (Å²) in [5, 5.41) is 0. The van der Waals surface area contributed by atoms with Crippen molar-refractivity contribution in [1.29, 1.82) is 0 Å². The van der Waals surface area contributed by atoms with E-state index in [1.807, 2.05) is 24.3 Å². The van der Waals surface area contributed by atoms with Crippen LogP contribution >= 0.6 is 22.6 Å². The van der Waals surface area contributed by atoms with Gasteiger partial charge in [-0.2, -0.15) is 0 Å². The average molecular weight is 298 g/mol. The molecule has 0 amide bonds. The Labute approximate surface area is 95.3 Å². The first kappa shape index (κ1) is 9.39. The molecule has 4 heteroatoms. The standard InChI is InChI=1S/C10H7IN2O/c11-8-3-1-4-9(7-8)14-10-12-5-2-6-13-10/h1-7H. The van der Waals surface area contributed by atoms with Crippen molar-refractivity contribution in [2.75, 3.05) is 0 Å². The van der Waals surface area contributed by atoms with Crippen molar-refractivity contribution in [3.63, 3.8) is 0 Å². The normalized spacial score (nSPS) is 9.79. The van der Waals surface area contributed by atoms with E-state index in [4.69, 9.17) is 4.74 Å². The summed E-state index contributed by atoms with van der Waals surface area (Å²) in [4.78, 5) is 7.94. The molecule has 1 aromatic heterocycles. The Morgan fingerprint density at radius 3 is 2.57 bits per heavy atom. The van der Waals surface area contributed by atoms with Crippen molar-refractivity contribution in [2.24, 2.45) is 0 Å². The number of benzene rings is 1. The third-order valence-corrected chi connectivity index (χ3v) is 2.22. The number of nitrogens with zero attached hydrogens (tertiary/aromatic N) is 2. The van der Waals surface area contributed by atoms with Crippen LogP contribution in [0.15, 0.2) is 42.7 Å². The molecule has 3 nitrogen and oxygen atoms in total. The second kappa shape index (κ2) is 4.36. The Hall–Kier alpha value is -1.17. The van der Waals surface area contributed by atoms with Crippen LogP contribution in [0.1, 0.15) is 0 Å². The van der Waals surface area contributed by atoms with Crippen LogP contribution in [0.4, 0.5) is 0 Å². The smallest absolute Gasteiger partial charge is 0.321 e. The van der Waals surface area contributed by atoms with Crippen LogP contribution in [0.3, 0.4) is 0 Å². The SMILES string of the molecule is Ic1cccc(Oc2ncccn2)c1. The molecular weight excluding hydrogens is 291 g/mol. The predicted octanol–water partition coefficient (Wildman–Crippen LogP) is 2.87. The molecule has 0 atom stereocenters. The summed E-state index contributed by atoms with van der Waals surface area (Å²) in [6, 6.07) is 9.85. The van der Waals surface area contributed by atoms with Gasteiger partial charge in [0, 0.05) is 16.0 Å². The molecule has 0 aliphatic carbocycles. The van der Waals surface area contributed by atoms with Crippen molar-refractivity contribution < 1.29 is 4.74 Å². The van der Waals surface area contributed by atoms with Crippen LogP contribution < -0.4 is 4.74 Å². The van der Waals surface area contributed by atoms with Crippen LogP contribution in [0.25, 0.3) is 0 Å². The maximum Gasteiger partial charge on any atom is 0.321 e. The zero-order valence-corrected chi connectivity index (χ0v) is 9.38. The third-order valence-electron chi connectivity index (χ3n) is 1.55. The number of hydrogen-bond acceptors (Lipinski definition) is 3. The van der Waals surface area contributed by atoms with Crippen LogP contribution in [0.5, 0.6) is 11.8 Å². The second-order valence-corrected chi connectivity index (χ2v) is 3.84. The molecular formula is C10H7IN2O. The molecule has 0 aliphatic rings. The highest BCUT2D eigenvalue weighted by atomic mass is 127. The minimum absolute atomic E-state index is 0.370. The summed E-state index contributed by atoms with van der Waals surface area (Å²) in [7, 11) is 0. The minimum atomic E-state index is 0.370. The van der Waals surface area contributed by atoms with E-state index in [0.717, 1.165) is 9.32 Å². The molecule has 70 valence electrons. The maximum atomic E-state index is 5.43. The first-order valence-electron chi connectivity index (χ1n) is 4.05. The lowest BCUT2D eigenvalue weighted by atomic mass is 10.3. The number of hydrogen-bond donors (Lipinski definition) is 0. The van der Waals surface area contributed by atoms with E-state index in [-0.39, 0.29) is 0 Å². The predicted molar refractivity (Wildman–Crippen MR) is 61.3 cm³/mol. The summed E-state index contributed by atoms with van der Waals surface area (Å²) in [5.74, 6) is 0.753. The lowest BCUT2D eigenvalue weighted by Crippen LogP contribution is -1.89. The molecule has 1 aromatic carbocycles. The molecule has 2 rings (SSSR count). The van der Waals surface area contributed by atoms with Gasteiger partial charge in [-0.05, 0) is 46.9 Å². The third kappa shape index (κ3) is 2.41. The average Bonchev–Trinajstić information content (AvgIpc) is 2.19. The van der Waals surface area contributed by atoms with E-state index in [0.29, 0.717) is 6.01 Å². The van der Waals surface area contributed by atoms with Gasteiger partial charge in [0.2, 0.25) is 0 Å². The number of halogens is 1. The van der Waals surface area contributed by atoms with E-state index in [1.54, 1.807) is 18.5 Å². The zero-order valence-electron chi connectivity index (χ0n) is 7.22. The zero-order chi connectivity index (χ0) is 9.80. The lowest BCUT2D eigenvalue weighted by Gasteiger charge is -2.02. The summed E-state index contributed by atoms with van der Waals surface area (Å²) in [5.41, 5.74) is 0. The quantitative estimate of drug-likeness (QED) is 0.800. The van der Waals surface area contributed by atoms with E-state index in [2.05, 4.69) is 32.6 Å². The Morgan fingerprint density at radius 1 is 1.07 bits per heavy atom. The first-order valence-corrected chi connectivity index (χ1v) is 5.13. The molecule has 0 radical (unpaired) electrons. The highest BCUT2D eigenvalue weighted by molar-refractivity contribution is 14.1. The molecule has 0 fully saturated rings. The topological polar surface area (TPSA) is 35.0 Å². The fourth-order valence-corrected chi connectivity index (χ4v) is 1.49. The van der Waals surface area contributed by atoms with Crippen LogP contribution in [0.2, 0.25) is 0 Å². The van der Waals surface area contributed by atoms with Crippen LogP contribution in [-0.4, -0.2) is 9.97 Å². The van der Waals surface area contributed by atoms with Gasteiger partial charge in [-0.15, -0.1) is 0 Å². The Kier molecular flexibility index (Phi) is 2.93. The van der Waals surface area contributed by atoms with Crippen molar-refractivity contribution in [1.82, 2.24) is 9.97 Å². The fraction of sp³-hybridized carbons (Fsp3) is 0. The van der Waals surface area contributed by atoms with Gasteiger partial charge in [0.1, 0.15) is 5.75 Å².